The Balaban J connectivity index is 4.95. The van der Waals surface area contributed by atoms with Gasteiger partial charge in [0.25, 0.3) is 0 Å². The molecule has 172 valence electrons. The zero-order chi connectivity index (χ0) is 23.0. The quantitative estimate of drug-likeness (QED) is 0.352. The molecule has 0 spiro atoms. The Hall–Kier alpha value is -0.470. The van der Waals surface area contributed by atoms with Crippen molar-refractivity contribution in [3.63, 3.8) is 0 Å². The van der Waals surface area contributed by atoms with Crippen LogP contribution in [0.4, 0.5) is 0 Å². The average molecular weight is 435 g/mol. The lowest BCUT2D eigenvalue weighted by molar-refractivity contribution is -0.132. The van der Waals surface area contributed by atoms with E-state index in [0.29, 0.717) is 12.8 Å². The van der Waals surface area contributed by atoms with E-state index in [-0.39, 0.29) is 22.7 Å². The number of hydrogen-bond acceptors (Lipinski definition) is 7. The van der Waals surface area contributed by atoms with Gasteiger partial charge in [0, 0.05) is 23.7 Å². The molecule has 10 atom stereocenters. The third-order valence-corrected chi connectivity index (χ3v) is 7.26. The summed E-state index contributed by atoms with van der Waals surface area (Å²) in [6.45, 7) is 12.2. The molecule has 29 heavy (non-hydrogen) atoms. The molecule has 0 aromatic heterocycles. The Kier molecular flexibility index (Phi) is 12.8. The Morgan fingerprint density at radius 1 is 0.793 bits per heavy atom. The Labute approximate surface area is 180 Å². The molecule has 0 aliphatic heterocycles. The highest BCUT2D eigenvalue weighted by molar-refractivity contribution is 8.13. The second-order valence-electron chi connectivity index (χ2n) is 8.78. The molecule has 0 fully saturated rings. The molecule has 0 aromatic carbocycles. The smallest absolute Gasteiger partial charge is 0.194 e. The monoisotopic (exact) mass is 434 g/mol. The molecule has 0 bridgehead atoms. The number of hydrogen-bond donors (Lipinski definition) is 4. The Morgan fingerprint density at radius 3 is 1.72 bits per heavy atom. The summed E-state index contributed by atoms with van der Waals surface area (Å²) in [5.74, 6) is -2.87. The van der Waals surface area contributed by atoms with Crippen LogP contribution in [0.2, 0.25) is 0 Å². The number of ketones is 1. The van der Waals surface area contributed by atoms with Crippen LogP contribution in [0, 0.1) is 35.5 Å². The van der Waals surface area contributed by atoms with Crippen LogP contribution in [-0.4, -0.2) is 62.0 Å². The van der Waals surface area contributed by atoms with Crippen molar-refractivity contribution in [3.05, 3.63) is 0 Å². The van der Waals surface area contributed by atoms with E-state index in [0.717, 1.165) is 11.8 Å². The van der Waals surface area contributed by atoms with Crippen LogP contribution in [0.1, 0.15) is 61.3 Å². The number of aliphatic hydroxyl groups is 4. The predicted molar refractivity (Wildman–Crippen MR) is 117 cm³/mol. The Bertz CT molecular complexity index is 514. The second-order valence-corrected chi connectivity index (χ2v) is 9.59. The molecule has 0 saturated heterocycles. The highest BCUT2D eigenvalue weighted by Gasteiger charge is 2.36. The van der Waals surface area contributed by atoms with Crippen molar-refractivity contribution in [1.82, 2.24) is 0 Å². The number of Topliss-reactive ketones (excluding diaryl/α,β-unsaturated/α-hetero) is 1. The Morgan fingerprint density at radius 2 is 1.28 bits per heavy atom. The minimum Gasteiger partial charge on any atom is -0.393 e. The topological polar surface area (TPSA) is 115 Å². The fourth-order valence-electron chi connectivity index (χ4n) is 3.99. The molecule has 0 aliphatic rings. The van der Waals surface area contributed by atoms with Crippen molar-refractivity contribution in [3.8, 4) is 0 Å². The van der Waals surface area contributed by atoms with Crippen LogP contribution < -0.4 is 0 Å². The molecule has 0 unspecified atom stereocenters. The van der Waals surface area contributed by atoms with Crippen LogP contribution in [0.3, 0.4) is 0 Å². The maximum Gasteiger partial charge on any atom is 0.194 e. The van der Waals surface area contributed by atoms with E-state index in [4.69, 9.17) is 0 Å². The lowest BCUT2D eigenvalue weighted by Crippen LogP contribution is -2.41. The van der Waals surface area contributed by atoms with Crippen molar-refractivity contribution >= 4 is 22.7 Å². The van der Waals surface area contributed by atoms with Crippen LogP contribution >= 0.6 is 11.8 Å². The first-order valence-corrected chi connectivity index (χ1v) is 11.9. The highest BCUT2D eigenvalue weighted by Crippen LogP contribution is 2.29. The molecule has 7 heteroatoms. The fraction of sp³-hybridized carbons (Fsp3) is 0.909. The van der Waals surface area contributed by atoms with Gasteiger partial charge in [-0.2, -0.15) is 0 Å². The van der Waals surface area contributed by atoms with E-state index in [1.807, 2.05) is 13.8 Å². The molecule has 0 aliphatic carbocycles. The third-order valence-electron chi connectivity index (χ3n) is 6.48. The fourth-order valence-corrected chi connectivity index (χ4v) is 4.50. The van der Waals surface area contributed by atoms with Gasteiger partial charge < -0.3 is 20.4 Å². The molecule has 0 heterocycles. The van der Waals surface area contributed by atoms with Gasteiger partial charge in [-0.3, -0.25) is 9.59 Å². The first kappa shape index (κ1) is 28.5. The first-order valence-electron chi connectivity index (χ1n) is 10.6. The molecule has 0 saturated carbocycles. The van der Waals surface area contributed by atoms with Gasteiger partial charge in [0.1, 0.15) is 5.78 Å². The van der Waals surface area contributed by atoms with Gasteiger partial charge in [0.05, 0.1) is 30.3 Å². The molecule has 0 amide bonds. The molecular formula is C22H42O6S. The number of carbonyl (C=O) groups is 2. The third kappa shape index (κ3) is 7.94. The summed E-state index contributed by atoms with van der Waals surface area (Å²) >= 11 is 1.06. The standard InChI is InChI=1S/C22H42O6S/c1-9-17(23)13(4)20(26)14(5)18(24)11(2)10-12(3)19(25)15(6)21(27)16(7)22(28)29-8/h11-17,19-21,23,25-27H,9-10H2,1-8H3/t11-,12+,13+,14+,15-,16-,17-,19+,20+,21+/m1/s1. The maximum atomic E-state index is 12.8. The zero-order valence-electron chi connectivity index (χ0n) is 19.2. The van der Waals surface area contributed by atoms with E-state index in [9.17, 15) is 30.0 Å². The van der Waals surface area contributed by atoms with E-state index in [1.54, 1.807) is 40.9 Å². The van der Waals surface area contributed by atoms with Crippen LogP contribution in [0.15, 0.2) is 0 Å². The average Bonchev–Trinajstić information content (AvgIpc) is 2.73. The lowest BCUT2D eigenvalue weighted by Gasteiger charge is -2.33. The minimum atomic E-state index is -0.962. The van der Waals surface area contributed by atoms with Gasteiger partial charge >= 0.3 is 0 Å². The van der Waals surface area contributed by atoms with Gasteiger partial charge in [0.2, 0.25) is 0 Å². The van der Waals surface area contributed by atoms with Crippen molar-refractivity contribution in [2.75, 3.05) is 6.26 Å². The summed E-state index contributed by atoms with van der Waals surface area (Å²) in [6.07, 6.45) is -0.837. The number of thioether (sulfide) groups is 1. The minimum absolute atomic E-state index is 0.106. The second kappa shape index (κ2) is 13.1. The van der Waals surface area contributed by atoms with Crippen LogP contribution in [0.5, 0.6) is 0 Å². The zero-order valence-corrected chi connectivity index (χ0v) is 20.0. The van der Waals surface area contributed by atoms with Crippen molar-refractivity contribution in [2.45, 2.75) is 85.7 Å². The molecule has 0 aromatic rings. The summed E-state index contributed by atoms with van der Waals surface area (Å²) < 4.78 is 0. The van der Waals surface area contributed by atoms with Crippen LogP contribution in [0.25, 0.3) is 0 Å². The SMILES string of the molecule is CC[C@@H](O)[C@H](C)[C@H](O)[C@@H](C)C(=O)[C@H](C)C[C@H](C)[C@H](O)[C@@H](C)[C@H](O)[C@@H](C)C(=O)SC. The van der Waals surface area contributed by atoms with Crippen molar-refractivity contribution in [1.29, 1.82) is 0 Å². The molecule has 0 radical (unpaired) electrons. The summed E-state index contributed by atoms with van der Waals surface area (Å²) in [7, 11) is 0. The predicted octanol–water partition coefficient (Wildman–Crippen LogP) is 2.51. The summed E-state index contributed by atoms with van der Waals surface area (Å²) in [5.41, 5.74) is 0. The summed E-state index contributed by atoms with van der Waals surface area (Å²) in [6, 6.07) is 0. The van der Waals surface area contributed by atoms with Crippen LogP contribution in [-0.2, 0) is 9.59 Å². The maximum absolute atomic E-state index is 12.8. The van der Waals surface area contributed by atoms with E-state index in [2.05, 4.69) is 0 Å². The van der Waals surface area contributed by atoms with Gasteiger partial charge in [0.15, 0.2) is 5.12 Å². The van der Waals surface area contributed by atoms with Gasteiger partial charge in [-0.1, -0.05) is 60.2 Å². The van der Waals surface area contributed by atoms with Gasteiger partial charge in [-0.15, -0.1) is 0 Å². The van der Waals surface area contributed by atoms with Gasteiger partial charge in [-0.25, -0.2) is 0 Å². The van der Waals surface area contributed by atoms with Gasteiger partial charge in [-0.05, 0) is 25.0 Å². The van der Waals surface area contributed by atoms with E-state index in [1.165, 1.54) is 0 Å². The number of rotatable bonds is 13. The summed E-state index contributed by atoms with van der Waals surface area (Å²) in [5, 5.41) is 41.4. The highest BCUT2D eigenvalue weighted by atomic mass is 32.2. The number of aliphatic hydroxyl groups excluding tert-OH is 4. The molecule has 4 N–H and O–H groups in total. The molecule has 6 nitrogen and oxygen atoms in total. The molecular weight excluding hydrogens is 392 g/mol. The summed E-state index contributed by atoms with van der Waals surface area (Å²) in [4.78, 5) is 24.6. The normalized spacial score (nSPS) is 22.5. The largest absolute Gasteiger partial charge is 0.393 e. The molecule has 0 rings (SSSR count). The van der Waals surface area contributed by atoms with Crippen molar-refractivity contribution < 1.29 is 30.0 Å². The van der Waals surface area contributed by atoms with Crippen molar-refractivity contribution in [2.24, 2.45) is 35.5 Å². The lowest BCUT2D eigenvalue weighted by atomic mass is 9.77. The van der Waals surface area contributed by atoms with E-state index >= 15 is 0 Å². The van der Waals surface area contributed by atoms with E-state index < -0.39 is 48.1 Å². The first-order chi connectivity index (χ1) is 13.3. The number of carbonyl (C=O) groups excluding carboxylic acids is 2.